The number of benzene rings is 1. The molecule has 96 valence electrons. The van der Waals surface area contributed by atoms with E-state index in [9.17, 15) is 4.39 Å². The molecule has 0 spiro atoms. The van der Waals surface area contributed by atoms with Crippen LogP contribution >= 0.6 is 0 Å². The van der Waals surface area contributed by atoms with Gasteiger partial charge in [-0.05, 0) is 45.9 Å². The van der Waals surface area contributed by atoms with Crippen molar-refractivity contribution < 1.29 is 13.9 Å². The summed E-state index contributed by atoms with van der Waals surface area (Å²) in [5.74, 6) is -0.424. The zero-order valence-electron chi connectivity index (χ0n) is 11.0. The summed E-state index contributed by atoms with van der Waals surface area (Å²) in [6.45, 7) is 7.61. The van der Waals surface area contributed by atoms with Crippen molar-refractivity contribution in [3.8, 4) is 6.07 Å². The van der Waals surface area contributed by atoms with E-state index in [0.717, 1.165) is 0 Å². The van der Waals surface area contributed by atoms with Crippen molar-refractivity contribution in [3.63, 3.8) is 0 Å². The van der Waals surface area contributed by atoms with E-state index in [-0.39, 0.29) is 5.56 Å². The highest BCUT2D eigenvalue weighted by Gasteiger charge is 2.50. The quantitative estimate of drug-likeness (QED) is 0.766. The predicted molar refractivity (Wildman–Crippen MR) is 64.2 cm³/mol. The first-order chi connectivity index (χ1) is 8.27. The number of nitrogens with zero attached hydrogens (tertiary/aromatic N) is 1. The monoisotopic (exact) mass is 249 g/mol. The van der Waals surface area contributed by atoms with Crippen LogP contribution in [0.4, 0.5) is 4.39 Å². The van der Waals surface area contributed by atoms with Crippen LogP contribution in [0.25, 0.3) is 0 Å². The maximum absolute atomic E-state index is 13.8. The third-order valence-corrected chi connectivity index (χ3v) is 3.63. The average Bonchev–Trinajstić information content (AvgIpc) is 2.48. The summed E-state index contributed by atoms with van der Waals surface area (Å²) in [5.41, 5.74) is -0.381. The normalized spacial score (nSPS) is 21.8. The zero-order valence-corrected chi connectivity index (χ0v) is 11.0. The smallest absolute Gasteiger partial charge is 0.188 e. The summed E-state index contributed by atoms with van der Waals surface area (Å²) in [6, 6.07) is 6.15. The van der Waals surface area contributed by atoms with Gasteiger partial charge in [-0.2, -0.15) is 5.26 Å². The van der Waals surface area contributed by atoms with Gasteiger partial charge in [0.15, 0.2) is 6.29 Å². The van der Waals surface area contributed by atoms with E-state index in [2.05, 4.69) is 0 Å². The van der Waals surface area contributed by atoms with Gasteiger partial charge in [0.05, 0.1) is 22.8 Å². The topological polar surface area (TPSA) is 42.2 Å². The highest BCUT2D eigenvalue weighted by molar-refractivity contribution is 5.34. The third-order valence-electron chi connectivity index (χ3n) is 3.63. The van der Waals surface area contributed by atoms with Crippen LogP contribution in [0.5, 0.6) is 0 Å². The molecule has 0 atom stereocenters. The molecule has 0 bridgehead atoms. The van der Waals surface area contributed by atoms with Crippen molar-refractivity contribution in [2.75, 3.05) is 0 Å². The van der Waals surface area contributed by atoms with Gasteiger partial charge in [0.1, 0.15) is 5.82 Å². The van der Waals surface area contributed by atoms with Crippen molar-refractivity contribution in [2.45, 2.75) is 45.2 Å². The van der Waals surface area contributed by atoms with E-state index in [4.69, 9.17) is 14.7 Å². The summed E-state index contributed by atoms with van der Waals surface area (Å²) < 4.78 is 25.3. The molecular weight excluding hydrogens is 233 g/mol. The van der Waals surface area contributed by atoms with Gasteiger partial charge in [0.2, 0.25) is 0 Å². The molecule has 1 aromatic rings. The first-order valence-electron chi connectivity index (χ1n) is 5.82. The maximum Gasteiger partial charge on any atom is 0.188 e. The second-order valence-electron chi connectivity index (χ2n) is 5.44. The van der Waals surface area contributed by atoms with E-state index < -0.39 is 23.3 Å². The minimum absolute atomic E-state index is 0.271. The molecule has 1 fully saturated rings. The van der Waals surface area contributed by atoms with E-state index in [0.29, 0.717) is 5.56 Å². The van der Waals surface area contributed by atoms with E-state index >= 15 is 0 Å². The molecule has 2 rings (SSSR count). The lowest BCUT2D eigenvalue weighted by Crippen LogP contribution is -2.41. The molecule has 18 heavy (non-hydrogen) atoms. The van der Waals surface area contributed by atoms with Crippen LogP contribution in [0.1, 0.15) is 45.1 Å². The van der Waals surface area contributed by atoms with E-state index in [1.165, 1.54) is 18.2 Å². The summed E-state index contributed by atoms with van der Waals surface area (Å²) in [4.78, 5) is 0. The molecular formula is C14H16FNO2. The number of nitriles is 1. The third kappa shape index (κ3) is 2.00. The number of hydrogen-bond donors (Lipinski definition) is 0. The van der Waals surface area contributed by atoms with Crippen LogP contribution in [0, 0.1) is 17.1 Å². The molecule has 1 heterocycles. The summed E-state index contributed by atoms with van der Waals surface area (Å²) in [5, 5.41) is 8.85. The Morgan fingerprint density at radius 3 is 2.22 bits per heavy atom. The molecule has 0 amide bonds. The summed E-state index contributed by atoms with van der Waals surface area (Å²) in [6.07, 6.45) is -0.775. The fourth-order valence-corrected chi connectivity index (χ4v) is 1.76. The van der Waals surface area contributed by atoms with Gasteiger partial charge in [-0.15, -0.1) is 0 Å². The van der Waals surface area contributed by atoms with Crippen molar-refractivity contribution in [1.29, 1.82) is 5.26 Å². The first kappa shape index (κ1) is 13.0. The molecule has 0 radical (unpaired) electrons. The number of hydrogen-bond acceptors (Lipinski definition) is 3. The molecule has 1 saturated heterocycles. The van der Waals surface area contributed by atoms with Crippen molar-refractivity contribution >= 4 is 0 Å². The highest BCUT2D eigenvalue weighted by Crippen LogP contribution is 2.45. The Bertz CT molecular complexity index is 501. The molecule has 0 unspecified atom stereocenters. The zero-order chi connectivity index (χ0) is 13.6. The molecule has 0 saturated carbocycles. The average molecular weight is 249 g/mol. The van der Waals surface area contributed by atoms with Crippen LogP contribution in [0.2, 0.25) is 0 Å². The Hall–Kier alpha value is -1.44. The minimum Gasteiger partial charge on any atom is -0.339 e. The maximum atomic E-state index is 13.8. The molecule has 4 heteroatoms. The van der Waals surface area contributed by atoms with Crippen LogP contribution in [0.15, 0.2) is 18.2 Å². The van der Waals surface area contributed by atoms with Gasteiger partial charge in [0.25, 0.3) is 0 Å². The van der Waals surface area contributed by atoms with Gasteiger partial charge in [-0.25, -0.2) is 4.39 Å². The Morgan fingerprint density at radius 2 is 1.72 bits per heavy atom. The number of rotatable bonds is 1. The molecule has 0 aliphatic carbocycles. The summed E-state index contributed by atoms with van der Waals surface area (Å²) >= 11 is 0. The highest BCUT2D eigenvalue weighted by atomic mass is 19.1. The molecule has 1 aromatic carbocycles. The first-order valence-corrected chi connectivity index (χ1v) is 5.82. The molecule has 1 aliphatic rings. The van der Waals surface area contributed by atoms with Gasteiger partial charge >= 0.3 is 0 Å². The standard InChI is InChI=1S/C14H16FNO2/c1-13(2)14(3,4)18-12(17-13)10-7-9(8-16)5-6-11(10)15/h5-7,12H,1-4H3. The molecule has 0 N–H and O–H groups in total. The van der Waals surface area contributed by atoms with Crippen LogP contribution in [0.3, 0.4) is 0 Å². The second kappa shape index (κ2) is 4.04. The molecule has 3 nitrogen and oxygen atoms in total. The SMILES string of the molecule is CC1(C)OC(c2cc(C#N)ccc2F)OC1(C)C. The fourth-order valence-electron chi connectivity index (χ4n) is 1.76. The lowest BCUT2D eigenvalue weighted by molar-refractivity contribution is -0.0914. The number of halogens is 1. The van der Waals surface area contributed by atoms with E-state index in [1.807, 2.05) is 33.8 Å². The largest absolute Gasteiger partial charge is 0.339 e. The molecule has 0 aromatic heterocycles. The Kier molecular flexibility index (Phi) is 2.92. The van der Waals surface area contributed by atoms with Crippen LogP contribution in [-0.4, -0.2) is 11.2 Å². The van der Waals surface area contributed by atoms with Gasteiger partial charge in [-0.1, -0.05) is 0 Å². The van der Waals surface area contributed by atoms with E-state index in [1.54, 1.807) is 0 Å². The van der Waals surface area contributed by atoms with Gasteiger partial charge < -0.3 is 9.47 Å². The lowest BCUT2D eigenvalue weighted by atomic mass is 9.90. The summed E-state index contributed by atoms with van der Waals surface area (Å²) in [7, 11) is 0. The minimum atomic E-state index is -0.775. The molecule has 1 aliphatic heterocycles. The Labute approximate surface area is 106 Å². The van der Waals surface area contributed by atoms with Gasteiger partial charge in [-0.3, -0.25) is 0 Å². The van der Waals surface area contributed by atoms with Crippen molar-refractivity contribution in [1.82, 2.24) is 0 Å². The van der Waals surface area contributed by atoms with Crippen molar-refractivity contribution in [2.24, 2.45) is 0 Å². The number of ether oxygens (including phenoxy) is 2. The second-order valence-corrected chi connectivity index (χ2v) is 5.44. The van der Waals surface area contributed by atoms with Crippen LogP contribution < -0.4 is 0 Å². The lowest BCUT2D eigenvalue weighted by Gasteiger charge is -2.30. The van der Waals surface area contributed by atoms with Gasteiger partial charge in [0, 0.05) is 5.56 Å². The predicted octanol–water partition coefficient (Wildman–Crippen LogP) is 3.30. The Balaban J connectivity index is 2.38. The Morgan fingerprint density at radius 1 is 1.17 bits per heavy atom. The van der Waals surface area contributed by atoms with Crippen molar-refractivity contribution in [3.05, 3.63) is 35.1 Å². The fraction of sp³-hybridized carbons (Fsp3) is 0.500. The van der Waals surface area contributed by atoms with Crippen LogP contribution in [-0.2, 0) is 9.47 Å².